The van der Waals surface area contributed by atoms with Crippen LogP contribution in [0.5, 0.6) is 11.5 Å². The number of nitrogens with one attached hydrogen (secondary N) is 1. The van der Waals surface area contributed by atoms with Crippen molar-refractivity contribution in [2.75, 3.05) is 6.61 Å². The first-order valence-corrected chi connectivity index (χ1v) is 7.76. The molecule has 2 N–H and O–H groups in total. The molecule has 0 saturated heterocycles. The third kappa shape index (κ3) is 3.47. The predicted octanol–water partition coefficient (Wildman–Crippen LogP) is 3.03. The maximum absolute atomic E-state index is 12.4. The van der Waals surface area contributed by atoms with Gasteiger partial charge in [0.05, 0.1) is 5.52 Å². The number of benzene rings is 2. The molecule has 0 unspecified atom stereocenters. The van der Waals surface area contributed by atoms with Crippen LogP contribution in [-0.2, 0) is 0 Å². The van der Waals surface area contributed by atoms with E-state index in [4.69, 9.17) is 10.00 Å². The Bertz CT molecular complexity index is 1110. The van der Waals surface area contributed by atoms with E-state index >= 15 is 0 Å². The summed E-state index contributed by atoms with van der Waals surface area (Å²) in [6.45, 7) is -0.0769. The van der Waals surface area contributed by atoms with Gasteiger partial charge < -0.3 is 14.8 Å². The molecule has 0 saturated carbocycles. The highest BCUT2D eigenvalue weighted by Gasteiger charge is 2.16. The normalized spacial score (nSPS) is 10.7. The molecule has 3 aromatic rings. The lowest BCUT2D eigenvalue weighted by atomic mass is 10.1. The number of allylic oxidation sites excluding steroid dienone is 1. The fourth-order valence-electron chi connectivity index (χ4n) is 2.53. The molecule has 0 aliphatic heterocycles. The number of hydrogen-bond donors (Lipinski definition) is 2. The number of ketones is 1. The standard InChI is InChI=1S/C20H14N2O4/c21-10-11-26-14-5-3-4-13(12-14)8-9-17(23)18-19(24)15-6-1-2-7-16(15)22-20(18)25/h1-9,12H,11H2,(H2,22,24,25)/b9-8+. The zero-order valence-corrected chi connectivity index (χ0v) is 13.6. The summed E-state index contributed by atoms with van der Waals surface area (Å²) >= 11 is 0. The highest BCUT2D eigenvalue weighted by molar-refractivity contribution is 6.11. The second-order valence-electron chi connectivity index (χ2n) is 5.44. The predicted molar refractivity (Wildman–Crippen MR) is 97.1 cm³/mol. The van der Waals surface area contributed by atoms with Crippen LogP contribution in [0.15, 0.2) is 59.4 Å². The summed E-state index contributed by atoms with van der Waals surface area (Å²) < 4.78 is 5.20. The number of aromatic amines is 1. The lowest BCUT2D eigenvalue weighted by Crippen LogP contribution is -2.16. The Hall–Kier alpha value is -3.85. The van der Waals surface area contributed by atoms with Crippen molar-refractivity contribution in [3.05, 3.63) is 76.1 Å². The molecule has 1 heterocycles. The van der Waals surface area contributed by atoms with E-state index in [0.717, 1.165) is 0 Å². The minimum Gasteiger partial charge on any atom is -0.506 e. The Morgan fingerprint density at radius 3 is 2.85 bits per heavy atom. The van der Waals surface area contributed by atoms with Crippen LogP contribution in [0.4, 0.5) is 0 Å². The van der Waals surface area contributed by atoms with Crippen molar-refractivity contribution in [2.24, 2.45) is 0 Å². The van der Waals surface area contributed by atoms with Crippen molar-refractivity contribution < 1.29 is 14.6 Å². The fourth-order valence-corrected chi connectivity index (χ4v) is 2.53. The molecular formula is C20H14N2O4. The molecule has 0 radical (unpaired) electrons. The van der Waals surface area contributed by atoms with Crippen LogP contribution in [-0.4, -0.2) is 22.5 Å². The molecule has 2 aromatic carbocycles. The van der Waals surface area contributed by atoms with Gasteiger partial charge >= 0.3 is 0 Å². The maximum atomic E-state index is 12.4. The van der Waals surface area contributed by atoms with Gasteiger partial charge in [-0.3, -0.25) is 9.59 Å². The number of ether oxygens (including phenoxy) is 1. The van der Waals surface area contributed by atoms with E-state index in [1.54, 1.807) is 48.5 Å². The highest BCUT2D eigenvalue weighted by Crippen LogP contribution is 2.25. The van der Waals surface area contributed by atoms with E-state index in [1.165, 1.54) is 12.2 Å². The van der Waals surface area contributed by atoms with Gasteiger partial charge in [0.25, 0.3) is 5.56 Å². The average molecular weight is 346 g/mol. The first-order chi connectivity index (χ1) is 12.6. The topological polar surface area (TPSA) is 103 Å². The van der Waals surface area contributed by atoms with Crippen molar-refractivity contribution in [1.82, 2.24) is 4.98 Å². The number of hydrogen-bond acceptors (Lipinski definition) is 5. The maximum Gasteiger partial charge on any atom is 0.263 e. The van der Waals surface area contributed by atoms with Gasteiger partial charge in [-0.25, -0.2) is 0 Å². The number of para-hydroxylation sites is 1. The van der Waals surface area contributed by atoms with Gasteiger partial charge in [-0.15, -0.1) is 0 Å². The van der Waals surface area contributed by atoms with E-state index in [9.17, 15) is 14.7 Å². The third-order valence-corrected chi connectivity index (χ3v) is 3.73. The first kappa shape index (κ1) is 17.0. The number of fused-ring (bicyclic) bond motifs is 1. The molecule has 6 heteroatoms. The molecule has 0 aliphatic rings. The smallest absolute Gasteiger partial charge is 0.263 e. The Kier molecular flexibility index (Phi) is 4.81. The molecule has 0 atom stereocenters. The summed E-state index contributed by atoms with van der Waals surface area (Å²) in [6.07, 6.45) is 2.72. The summed E-state index contributed by atoms with van der Waals surface area (Å²) in [4.78, 5) is 27.2. The molecule has 128 valence electrons. The van der Waals surface area contributed by atoms with E-state index < -0.39 is 11.3 Å². The molecule has 1 aromatic heterocycles. The molecule has 26 heavy (non-hydrogen) atoms. The second kappa shape index (κ2) is 7.36. The SMILES string of the molecule is N#CCOc1cccc(/C=C/C(=O)c2c(O)c3ccccc3[nH]c2=O)c1. The summed E-state index contributed by atoms with van der Waals surface area (Å²) in [6, 6.07) is 15.4. The monoisotopic (exact) mass is 346 g/mol. The van der Waals surface area contributed by atoms with Gasteiger partial charge in [0.15, 0.2) is 12.4 Å². The van der Waals surface area contributed by atoms with Crippen molar-refractivity contribution in [3.8, 4) is 17.6 Å². The average Bonchev–Trinajstić information content (AvgIpc) is 2.65. The van der Waals surface area contributed by atoms with Crippen molar-refractivity contribution in [1.29, 1.82) is 5.26 Å². The van der Waals surface area contributed by atoms with Crippen LogP contribution < -0.4 is 10.3 Å². The molecule has 0 bridgehead atoms. The van der Waals surface area contributed by atoms with Gasteiger partial charge in [0, 0.05) is 5.39 Å². The number of nitrogens with zero attached hydrogens (tertiary/aromatic N) is 1. The first-order valence-electron chi connectivity index (χ1n) is 7.76. The molecule has 6 nitrogen and oxygen atoms in total. The van der Waals surface area contributed by atoms with Crippen LogP contribution in [0.2, 0.25) is 0 Å². The largest absolute Gasteiger partial charge is 0.506 e. The summed E-state index contributed by atoms with van der Waals surface area (Å²) in [5.74, 6) is -0.462. The van der Waals surface area contributed by atoms with Gasteiger partial charge in [-0.2, -0.15) is 5.26 Å². The van der Waals surface area contributed by atoms with Gasteiger partial charge in [-0.05, 0) is 35.9 Å². The Labute approximate surface area is 148 Å². The third-order valence-electron chi connectivity index (χ3n) is 3.73. The number of rotatable bonds is 5. The van der Waals surface area contributed by atoms with Crippen molar-refractivity contribution in [2.45, 2.75) is 0 Å². The zero-order chi connectivity index (χ0) is 18.5. The fraction of sp³-hybridized carbons (Fsp3) is 0.0500. The lowest BCUT2D eigenvalue weighted by molar-refractivity contribution is 0.104. The van der Waals surface area contributed by atoms with E-state index in [-0.39, 0.29) is 17.9 Å². The van der Waals surface area contributed by atoms with Gasteiger partial charge in [0.1, 0.15) is 23.1 Å². The lowest BCUT2D eigenvalue weighted by Gasteiger charge is -2.05. The molecule has 0 amide bonds. The molecule has 0 aliphatic carbocycles. The molecule has 0 fully saturated rings. The quantitative estimate of drug-likeness (QED) is 0.546. The number of aromatic nitrogens is 1. The minimum atomic E-state index is -0.651. The number of H-pyrrole nitrogens is 1. The van der Waals surface area contributed by atoms with Crippen LogP contribution in [0, 0.1) is 11.3 Å². The highest BCUT2D eigenvalue weighted by atomic mass is 16.5. The van der Waals surface area contributed by atoms with Crippen LogP contribution >= 0.6 is 0 Å². The number of aromatic hydroxyl groups is 1. The van der Waals surface area contributed by atoms with Crippen LogP contribution in [0.1, 0.15) is 15.9 Å². The van der Waals surface area contributed by atoms with E-state index in [0.29, 0.717) is 22.2 Å². The minimum absolute atomic E-state index is 0.0769. The van der Waals surface area contributed by atoms with Crippen molar-refractivity contribution in [3.63, 3.8) is 0 Å². The Morgan fingerprint density at radius 1 is 1.23 bits per heavy atom. The number of carbonyl (C=O) groups is 1. The van der Waals surface area contributed by atoms with Gasteiger partial charge in [0.2, 0.25) is 0 Å². The Balaban J connectivity index is 1.91. The van der Waals surface area contributed by atoms with Crippen LogP contribution in [0.25, 0.3) is 17.0 Å². The number of pyridine rings is 1. The van der Waals surface area contributed by atoms with Gasteiger partial charge in [-0.1, -0.05) is 30.3 Å². The van der Waals surface area contributed by atoms with Crippen LogP contribution in [0.3, 0.4) is 0 Å². The van der Waals surface area contributed by atoms with E-state index in [1.807, 2.05) is 6.07 Å². The number of carbonyl (C=O) groups excluding carboxylic acids is 1. The van der Waals surface area contributed by atoms with E-state index in [2.05, 4.69) is 4.98 Å². The molecule has 3 rings (SSSR count). The number of nitriles is 1. The summed E-state index contributed by atoms with van der Waals surface area (Å²) in [5.41, 5.74) is 0.155. The zero-order valence-electron chi connectivity index (χ0n) is 13.6. The summed E-state index contributed by atoms with van der Waals surface area (Å²) in [7, 11) is 0. The van der Waals surface area contributed by atoms with Crippen molar-refractivity contribution >= 4 is 22.8 Å². The molecular weight excluding hydrogens is 332 g/mol. The Morgan fingerprint density at radius 2 is 2.04 bits per heavy atom. The second-order valence-corrected chi connectivity index (χ2v) is 5.44. The summed E-state index contributed by atoms with van der Waals surface area (Å²) in [5, 5.41) is 19.2. The molecule has 0 spiro atoms.